The molecule has 0 spiro atoms. The maximum Gasteiger partial charge on any atom is 0.317 e. The lowest BCUT2D eigenvalue weighted by atomic mass is 10.2. The molecule has 0 unspecified atom stereocenters. The number of aromatic nitrogens is 1. The minimum Gasteiger partial charge on any atom is -0.375 e. The van der Waals surface area contributed by atoms with Crippen LogP contribution in [-0.2, 0) is 11.3 Å². The van der Waals surface area contributed by atoms with Gasteiger partial charge < -0.3 is 15.0 Å². The number of urea groups is 1. The smallest absolute Gasteiger partial charge is 0.317 e. The summed E-state index contributed by atoms with van der Waals surface area (Å²) < 4.78 is 5.26. The van der Waals surface area contributed by atoms with Crippen molar-refractivity contribution in [3.8, 4) is 0 Å². The Morgan fingerprint density at radius 2 is 2.45 bits per heavy atom. The topological polar surface area (TPSA) is 54.5 Å². The molecule has 7 heteroatoms. The third-order valence-electron chi connectivity index (χ3n) is 3.94. The first-order chi connectivity index (χ1) is 10.6. The Labute approximate surface area is 140 Å². The summed E-state index contributed by atoms with van der Waals surface area (Å²) in [5.74, 6) is 0. The first kappa shape index (κ1) is 17.6. The monoisotopic (exact) mass is 343 g/mol. The van der Waals surface area contributed by atoms with Crippen molar-refractivity contribution in [2.75, 3.05) is 26.5 Å². The lowest BCUT2D eigenvalue weighted by molar-refractivity contribution is 0.119. The number of carbonyl (C=O) groups excluding carboxylic acids is 1. The number of rotatable bonds is 5. The number of nitrogens with zero attached hydrogens (tertiary/aromatic N) is 2. The average Bonchev–Trinajstić information content (AvgIpc) is 2.88. The highest BCUT2D eigenvalue weighted by atomic mass is 32.2. The predicted octanol–water partition coefficient (Wildman–Crippen LogP) is 3.28. The van der Waals surface area contributed by atoms with Gasteiger partial charge in [0.15, 0.2) is 0 Å². The van der Waals surface area contributed by atoms with Crippen LogP contribution in [0.1, 0.15) is 43.0 Å². The van der Waals surface area contributed by atoms with Gasteiger partial charge in [0, 0.05) is 30.8 Å². The van der Waals surface area contributed by atoms with Crippen molar-refractivity contribution < 1.29 is 9.53 Å². The molecule has 1 aliphatic heterocycles. The summed E-state index contributed by atoms with van der Waals surface area (Å²) in [6, 6.07) is 0.0234. The molecule has 22 heavy (non-hydrogen) atoms. The molecule has 1 aliphatic rings. The van der Waals surface area contributed by atoms with Crippen LogP contribution in [0.25, 0.3) is 0 Å². The van der Waals surface area contributed by atoms with E-state index in [0.717, 1.165) is 30.2 Å². The van der Waals surface area contributed by atoms with E-state index in [1.165, 1.54) is 12.8 Å². The molecule has 2 heterocycles. The van der Waals surface area contributed by atoms with Gasteiger partial charge in [0.25, 0.3) is 0 Å². The molecule has 1 aromatic heterocycles. The van der Waals surface area contributed by atoms with Crippen LogP contribution in [0.5, 0.6) is 0 Å². The molecule has 1 saturated heterocycles. The molecule has 124 valence electrons. The molecule has 2 rings (SSSR count). The summed E-state index contributed by atoms with van der Waals surface area (Å²) in [6.45, 7) is 4.15. The summed E-state index contributed by atoms with van der Waals surface area (Å²) in [4.78, 5) is 18.8. The van der Waals surface area contributed by atoms with Gasteiger partial charge in [0.05, 0.1) is 12.2 Å². The molecule has 0 radical (unpaired) electrons. The zero-order valence-electron chi connectivity index (χ0n) is 13.5. The fraction of sp³-hybridized carbons (Fsp3) is 0.733. The van der Waals surface area contributed by atoms with Crippen LogP contribution in [0.3, 0.4) is 0 Å². The quantitative estimate of drug-likeness (QED) is 0.891. The second kappa shape index (κ2) is 8.74. The van der Waals surface area contributed by atoms with Crippen LogP contribution < -0.4 is 5.32 Å². The highest BCUT2D eigenvalue weighted by Gasteiger charge is 2.21. The Bertz CT molecular complexity index is 481. The second-order valence-corrected chi connectivity index (χ2v) is 7.54. The third-order valence-corrected chi connectivity index (χ3v) is 6.05. The number of amides is 2. The fourth-order valence-electron chi connectivity index (χ4n) is 2.45. The van der Waals surface area contributed by atoms with Crippen molar-refractivity contribution in [2.24, 2.45) is 0 Å². The summed E-state index contributed by atoms with van der Waals surface area (Å²) in [7, 11) is 1.68. The number of ether oxygens (including phenoxy) is 1. The first-order valence-corrected chi connectivity index (χ1v) is 9.83. The van der Waals surface area contributed by atoms with Crippen molar-refractivity contribution in [1.29, 1.82) is 0 Å². The molecular formula is C15H25N3O2S2. The number of likely N-dealkylation sites (tertiary alicyclic amines) is 1. The zero-order chi connectivity index (χ0) is 15.9. The highest BCUT2D eigenvalue weighted by molar-refractivity contribution is 7.99. The summed E-state index contributed by atoms with van der Waals surface area (Å²) >= 11 is 3.43. The standard InChI is InChI=1S/C15H25N3O2S2/c1-11(20-2)14-17-12(10-22-14)8-16-15(19)18-7-5-4-6-13(9-18)21-3/h10-11,13H,4-9H2,1-3H3,(H,16,19)/t11-,13-/m0/s1. The van der Waals surface area contributed by atoms with Gasteiger partial charge in [-0.15, -0.1) is 11.3 Å². The average molecular weight is 344 g/mol. The van der Waals surface area contributed by atoms with Crippen molar-refractivity contribution in [2.45, 2.75) is 44.1 Å². The van der Waals surface area contributed by atoms with E-state index in [9.17, 15) is 4.79 Å². The molecule has 2 amide bonds. The van der Waals surface area contributed by atoms with Gasteiger partial charge >= 0.3 is 6.03 Å². The second-order valence-electron chi connectivity index (χ2n) is 5.51. The van der Waals surface area contributed by atoms with Crippen molar-refractivity contribution in [3.63, 3.8) is 0 Å². The van der Waals surface area contributed by atoms with E-state index in [0.29, 0.717) is 11.8 Å². The lowest BCUT2D eigenvalue weighted by Crippen LogP contribution is -2.42. The molecular weight excluding hydrogens is 318 g/mol. The summed E-state index contributed by atoms with van der Waals surface area (Å²) in [5, 5.41) is 6.48. The van der Waals surface area contributed by atoms with Crippen LogP contribution in [0.2, 0.25) is 0 Å². The summed E-state index contributed by atoms with van der Waals surface area (Å²) in [6.07, 6.45) is 5.63. The number of hydrogen-bond acceptors (Lipinski definition) is 5. The Kier molecular flexibility index (Phi) is 6.98. The Morgan fingerprint density at radius 3 is 3.18 bits per heavy atom. The molecule has 1 N–H and O–H groups in total. The van der Waals surface area contributed by atoms with E-state index < -0.39 is 0 Å². The van der Waals surface area contributed by atoms with E-state index in [1.54, 1.807) is 18.4 Å². The van der Waals surface area contributed by atoms with Gasteiger partial charge in [0.1, 0.15) is 11.1 Å². The minimum atomic E-state index is 0.00222. The van der Waals surface area contributed by atoms with Gasteiger partial charge in [-0.1, -0.05) is 6.42 Å². The van der Waals surface area contributed by atoms with Crippen LogP contribution in [0, 0.1) is 0 Å². The molecule has 0 bridgehead atoms. The number of thioether (sulfide) groups is 1. The SMILES string of the molecule is CO[C@@H](C)c1nc(CNC(=O)N2CCCC[C@H](SC)C2)cs1. The highest BCUT2D eigenvalue weighted by Crippen LogP contribution is 2.21. The number of methoxy groups -OCH3 is 1. The normalized spacial score (nSPS) is 20.5. The van der Waals surface area contributed by atoms with Crippen molar-refractivity contribution in [1.82, 2.24) is 15.2 Å². The van der Waals surface area contributed by atoms with Gasteiger partial charge in [-0.25, -0.2) is 9.78 Å². The largest absolute Gasteiger partial charge is 0.375 e. The number of carbonyl (C=O) groups is 1. The molecule has 5 nitrogen and oxygen atoms in total. The fourth-order valence-corrected chi connectivity index (χ4v) is 4.03. The maximum atomic E-state index is 12.3. The predicted molar refractivity (Wildman–Crippen MR) is 92.5 cm³/mol. The van der Waals surface area contributed by atoms with E-state index in [2.05, 4.69) is 16.6 Å². The molecule has 0 aromatic carbocycles. The van der Waals surface area contributed by atoms with Crippen LogP contribution in [0.4, 0.5) is 4.79 Å². The molecule has 0 aliphatic carbocycles. The van der Waals surface area contributed by atoms with E-state index in [4.69, 9.17) is 4.74 Å². The first-order valence-electron chi connectivity index (χ1n) is 7.66. The molecule has 0 saturated carbocycles. The zero-order valence-corrected chi connectivity index (χ0v) is 15.1. The van der Waals surface area contributed by atoms with Crippen LogP contribution in [0.15, 0.2) is 5.38 Å². The maximum absolute atomic E-state index is 12.3. The van der Waals surface area contributed by atoms with Crippen LogP contribution >= 0.6 is 23.1 Å². The van der Waals surface area contributed by atoms with Gasteiger partial charge in [-0.05, 0) is 26.0 Å². The molecule has 1 fully saturated rings. The van der Waals surface area contributed by atoms with Crippen molar-refractivity contribution >= 4 is 29.1 Å². The van der Waals surface area contributed by atoms with Crippen LogP contribution in [-0.4, -0.2) is 47.6 Å². The number of thiazole rings is 1. The van der Waals surface area contributed by atoms with Gasteiger partial charge in [-0.3, -0.25) is 0 Å². The molecule has 2 atom stereocenters. The number of nitrogens with one attached hydrogen (secondary N) is 1. The molecule has 1 aromatic rings. The third kappa shape index (κ3) is 4.86. The number of hydrogen-bond donors (Lipinski definition) is 1. The Balaban J connectivity index is 1.85. The van der Waals surface area contributed by atoms with Gasteiger partial charge in [-0.2, -0.15) is 11.8 Å². The van der Waals surface area contributed by atoms with Gasteiger partial charge in [0.2, 0.25) is 0 Å². The Hall–Kier alpha value is -0.790. The minimum absolute atomic E-state index is 0.00222. The Morgan fingerprint density at radius 1 is 1.64 bits per heavy atom. The van der Waals surface area contributed by atoms with Crippen molar-refractivity contribution in [3.05, 3.63) is 16.1 Å². The van der Waals surface area contributed by atoms with E-state index >= 15 is 0 Å². The lowest BCUT2D eigenvalue weighted by Gasteiger charge is -2.23. The van der Waals surface area contributed by atoms with E-state index in [1.807, 2.05) is 29.0 Å². The van der Waals surface area contributed by atoms with E-state index in [-0.39, 0.29) is 12.1 Å². The summed E-state index contributed by atoms with van der Waals surface area (Å²) in [5.41, 5.74) is 0.897.